The first-order chi connectivity index (χ1) is 17.9. The molecule has 0 unspecified atom stereocenters. The molecular weight excluding hydrogens is 489 g/mol. The molecule has 0 aliphatic carbocycles. The summed E-state index contributed by atoms with van der Waals surface area (Å²) in [4.78, 5) is 17.8. The molecule has 2 heterocycles. The Morgan fingerprint density at radius 1 is 0.784 bits per heavy atom. The molecule has 0 spiro atoms. The number of halogens is 1. The highest BCUT2D eigenvalue weighted by Crippen LogP contribution is 2.30. The number of hydrogen-bond donors (Lipinski definition) is 0. The number of sulfonamides is 1. The summed E-state index contributed by atoms with van der Waals surface area (Å²) in [5.41, 5.74) is 2.45. The van der Waals surface area contributed by atoms with Gasteiger partial charge < -0.3 is 4.90 Å². The van der Waals surface area contributed by atoms with E-state index >= 15 is 0 Å². The number of benzene rings is 3. The van der Waals surface area contributed by atoms with Crippen LogP contribution in [0.2, 0.25) is 0 Å². The van der Waals surface area contributed by atoms with Crippen LogP contribution in [0, 0.1) is 11.7 Å². The maximum Gasteiger partial charge on any atom is 0.243 e. The minimum Gasteiger partial charge on any atom is -0.340 e. The van der Waals surface area contributed by atoms with E-state index in [4.69, 9.17) is 0 Å². The van der Waals surface area contributed by atoms with E-state index in [2.05, 4.69) is 53.4 Å². The van der Waals surface area contributed by atoms with E-state index in [1.165, 1.54) is 27.6 Å². The van der Waals surface area contributed by atoms with Crippen molar-refractivity contribution in [2.75, 3.05) is 39.3 Å². The fraction of sp³-hybridized carbons (Fsp3) is 0.345. The molecule has 3 aromatic carbocycles. The zero-order chi connectivity index (χ0) is 25.8. The monoisotopic (exact) mass is 521 g/mol. The van der Waals surface area contributed by atoms with Gasteiger partial charge in [0.25, 0.3) is 0 Å². The van der Waals surface area contributed by atoms with Crippen LogP contribution >= 0.6 is 0 Å². The topological polar surface area (TPSA) is 60.9 Å². The molecule has 0 radical (unpaired) electrons. The molecule has 194 valence electrons. The van der Waals surface area contributed by atoms with E-state index < -0.39 is 15.8 Å². The Labute approximate surface area is 218 Å². The minimum absolute atomic E-state index is 0.0228. The van der Waals surface area contributed by atoms with Gasteiger partial charge in [-0.3, -0.25) is 9.69 Å². The van der Waals surface area contributed by atoms with Gasteiger partial charge in [0.05, 0.1) is 16.9 Å². The van der Waals surface area contributed by atoms with Gasteiger partial charge in [0.1, 0.15) is 5.82 Å². The summed E-state index contributed by atoms with van der Waals surface area (Å²) in [5.74, 6) is -0.823. The SMILES string of the molecule is O=C([C@@H]1CCCN(S(=O)(=O)c2ccc(F)cc2)C1)N1CCN(C(c2ccccc2)c2ccccc2)CC1. The largest absolute Gasteiger partial charge is 0.340 e. The molecule has 37 heavy (non-hydrogen) atoms. The summed E-state index contributed by atoms with van der Waals surface area (Å²) in [7, 11) is -3.77. The van der Waals surface area contributed by atoms with Crippen molar-refractivity contribution in [1.29, 1.82) is 0 Å². The molecule has 2 aliphatic heterocycles. The van der Waals surface area contributed by atoms with Crippen molar-refractivity contribution in [3.05, 3.63) is 102 Å². The van der Waals surface area contributed by atoms with Gasteiger partial charge in [-0.05, 0) is 48.2 Å². The van der Waals surface area contributed by atoms with Crippen molar-refractivity contribution in [1.82, 2.24) is 14.1 Å². The van der Waals surface area contributed by atoms with Gasteiger partial charge in [-0.2, -0.15) is 4.31 Å². The average Bonchev–Trinajstić information content (AvgIpc) is 2.95. The molecule has 6 nitrogen and oxygen atoms in total. The molecule has 3 aromatic rings. The highest BCUT2D eigenvalue weighted by atomic mass is 32.2. The molecule has 1 atom stereocenters. The predicted molar refractivity (Wildman–Crippen MR) is 141 cm³/mol. The summed E-state index contributed by atoms with van der Waals surface area (Å²) in [5, 5.41) is 0. The highest BCUT2D eigenvalue weighted by molar-refractivity contribution is 7.89. The second kappa shape index (κ2) is 11.1. The Kier molecular flexibility index (Phi) is 7.69. The molecule has 2 fully saturated rings. The first-order valence-electron chi connectivity index (χ1n) is 12.8. The van der Waals surface area contributed by atoms with Crippen molar-refractivity contribution in [2.45, 2.75) is 23.8 Å². The molecule has 8 heteroatoms. The number of nitrogens with zero attached hydrogens (tertiary/aromatic N) is 3. The van der Waals surface area contributed by atoms with Crippen LogP contribution < -0.4 is 0 Å². The van der Waals surface area contributed by atoms with Crippen molar-refractivity contribution in [3.8, 4) is 0 Å². The third kappa shape index (κ3) is 5.61. The second-order valence-corrected chi connectivity index (χ2v) is 11.7. The summed E-state index contributed by atoms with van der Waals surface area (Å²) in [6.45, 7) is 3.23. The fourth-order valence-corrected chi connectivity index (χ4v) is 6.99. The average molecular weight is 522 g/mol. The van der Waals surface area contributed by atoms with Crippen molar-refractivity contribution >= 4 is 15.9 Å². The van der Waals surface area contributed by atoms with Gasteiger partial charge in [-0.1, -0.05) is 60.7 Å². The zero-order valence-electron chi connectivity index (χ0n) is 20.7. The number of carbonyl (C=O) groups is 1. The standard InChI is InChI=1S/C29H32FN3O3S/c30-26-13-15-27(16-14-26)37(35,36)33-17-7-12-25(22-33)29(34)32-20-18-31(19-21-32)28(23-8-3-1-4-9-23)24-10-5-2-6-11-24/h1-6,8-11,13-16,25,28H,7,12,17-22H2/t25-/m1/s1. The van der Waals surface area contributed by atoms with Crippen molar-refractivity contribution in [3.63, 3.8) is 0 Å². The highest BCUT2D eigenvalue weighted by Gasteiger charge is 2.36. The van der Waals surface area contributed by atoms with E-state index in [1.54, 1.807) is 0 Å². The summed E-state index contributed by atoms with van der Waals surface area (Å²) in [6, 6.07) is 25.8. The maximum atomic E-state index is 13.5. The lowest BCUT2D eigenvalue weighted by Crippen LogP contribution is -2.53. The Balaban J connectivity index is 1.25. The van der Waals surface area contributed by atoms with Crippen LogP contribution in [0.25, 0.3) is 0 Å². The van der Waals surface area contributed by atoms with Crippen molar-refractivity contribution in [2.24, 2.45) is 5.92 Å². The number of carbonyl (C=O) groups excluding carboxylic acids is 1. The van der Waals surface area contributed by atoms with E-state index in [9.17, 15) is 17.6 Å². The molecular formula is C29H32FN3O3S. The number of piperidine rings is 1. The van der Waals surface area contributed by atoms with Crippen LogP contribution in [0.3, 0.4) is 0 Å². The Hall–Kier alpha value is -3.07. The van der Waals surface area contributed by atoms with Crippen molar-refractivity contribution < 1.29 is 17.6 Å². The number of amides is 1. The normalized spacial score (nSPS) is 19.7. The van der Waals surface area contributed by atoms with Gasteiger partial charge in [0.15, 0.2) is 0 Å². The molecule has 0 aromatic heterocycles. The first-order valence-corrected chi connectivity index (χ1v) is 14.3. The maximum absolute atomic E-state index is 13.5. The molecule has 0 saturated carbocycles. The van der Waals surface area contributed by atoms with Gasteiger partial charge in [0.2, 0.25) is 15.9 Å². The molecule has 2 saturated heterocycles. The van der Waals surface area contributed by atoms with E-state index in [-0.39, 0.29) is 29.3 Å². The molecule has 5 rings (SSSR count). The molecule has 2 aliphatic rings. The predicted octanol–water partition coefficient (Wildman–Crippen LogP) is 4.16. The first kappa shape index (κ1) is 25.6. The summed E-state index contributed by atoms with van der Waals surface area (Å²) >= 11 is 0. The quantitative estimate of drug-likeness (QED) is 0.489. The zero-order valence-corrected chi connectivity index (χ0v) is 21.6. The lowest BCUT2D eigenvalue weighted by molar-refractivity contribution is -0.138. The van der Waals surface area contributed by atoms with Crippen LogP contribution in [0.4, 0.5) is 4.39 Å². The van der Waals surface area contributed by atoms with E-state index in [0.717, 1.165) is 25.2 Å². The smallest absolute Gasteiger partial charge is 0.243 e. The van der Waals surface area contributed by atoms with Crippen LogP contribution in [0.1, 0.15) is 30.0 Å². The fourth-order valence-electron chi connectivity index (χ4n) is 5.46. The van der Waals surface area contributed by atoms with Gasteiger partial charge in [-0.15, -0.1) is 0 Å². The Bertz CT molecular complexity index is 1260. The Morgan fingerprint density at radius 3 is 1.92 bits per heavy atom. The Morgan fingerprint density at radius 2 is 1.35 bits per heavy atom. The number of hydrogen-bond acceptors (Lipinski definition) is 4. The van der Waals surface area contributed by atoms with Gasteiger partial charge in [-0.25, -0.2) is 12.8 Å². The molecule has 0 N–H and O–H groups in total. The van der Waals surface area contributed by atoms with Crippen LogP contribution in [-0.4, -0.2) is 67.7 Å². The summed E-state index contributed by atoms with van der Waals surface area (Å²) in [6.07, 6.45) is 1.30. The lowest BCUT2D eigenvalue weighted by atomic mass is 9.95. The third-order valence-electron chi connectivity index (χ3n) is 7.41. The van der Waals surface area contributed by atoms with E-state index in [0.29, 0.717) is 32.5 Å². The second-order valence-electron chi connectivity index (χ2n) is 9.74. The van der Waals surface area contributed by atoms with Crippen LogP contribution in [0.5, 0.6) is 0 Å². The van der Waals surface area contributed by atoms with E-state index in [1.807, 2.05) is 17.0 Å². The number of rotatable bonds is 6. The number of piperazine rings is 1. The molecule has 1 amide bonds. The minimum atomic E-state index is -3.77. The third-order valence-corrected chi connectivity index (χ3v) is 9.29. The van der Waals surface area contributed by atoms with Crippen LogP contribution in [0.15, 0.2) is 89.8 Å². The lowest BCUT2D eigenvalue weighted by Gasteiger charge is -2.41. The van der Waals surface area contributed by atoms with Gasteiger partial charge >= 0.3 is 0 Å². The van der Waals surface area contributed by atoms with Gasteiger partial charge in [0, 0.05) is 39.3 Å². The summed E-state index contributed by atoms with van der Waals surface area (Å²) < 4.78 is 40.9. The molecule has 0 bridgehead atoms. The van der Waals surface area contributed by atoms with Crippen LogP contribution in [-0.2, 0) is 14.8 Å².